The maximum absolute atomic E-state index is 11.6. The maximum atomic E-state index is 11.6. The molecule has 0 saturated heterocycles. The van der Waals surface area contributed by atoms with Crippen molar-refractivity contribution < 1.29 is 14.6 Å². The molecule has 0 fully saturated rings. The number of allylic oxidation sites excluding steroid dienone is 2. The fourth-order valence-corrected chi connectivity index (χ4v) is 3.12. The Morgan fingerprint density at radius 1 is 0.778 bits per heavy atom. The van der Waals surface area contributed by atoms with Crippen molar-refractivity contribution in [2.45, 2.75) is 129 Å². The molecule has 0 rings (SSSR count). The van der Waals surface area contributed by atoms with Crippen LogP contribution in [-0.4, -0.2) is 23.8 Å². The lowest BCUT2D eigenvalue weighted by atomic mass is 10.1. The Bertz CT molecular complexity index is 339. The van der Waals surface area contributed by atoms with Gasteiger partial charge in [-0.1, -0.05) is 90.2 Å². The summed E-state index contributed by atoms with van der Waals surface area (Å²) >= 11 is 0. The SMILES string of the molecule is CCCCCCCC/C=C\CCCCCCCC(=O)OCC(O)CCCC. The molecule has 3 nitrogen and oxygen atoms in total. The molecule has 0 aliphatic rings. The monoisotopic (exact) mass is 382 g/mol. The summed E-state index contributed by atoms with van der Waals surface area (Å²) < 4.78 is 5.12. The van der Waals surface area contributed by atoms with Crippen LogP contribution in [0.15, 0.2) is 12.2 Å². The average molecular weight is 383 g/mol. The Balaban J connectivity index is 3.27. The highest BCUT2D eigenvalue weighted by molar-refractivity contribution is 5.69. The fourth-order valence-electron chi connectivity index (χ4n) is 3.12. The van der Waals surface area contributed by atoms with Crippen molar-refractivity contribution in [1.29, 1.82) is 0 Å². The molecule has 160 valence electrons. The van der Waals surface area contributed by atoms with Crippen molar-refractivity contribution >= 4 is 5.97 Å². The summed E-state index contributed by atoms with van der Waals surface area (Å²) in [5, 5.41) is 9.65. The van der Waals surface area contributed by atoms with E-state index in [-0.39, 0.29) is 12.6 Å². The maximum Gasteiger partial charge on any atom is 0.305 e. The minimum Gasteiger partial charge on any atom is -0.463 e. The Morgan fingerprint density at radius 3 is 1.89 bits per heavy atom. The van der Waals surface area contributed by atoms with Crippen molar-refractivity contribution in [1.82, 2.24) is 0 Å². The highest BCUT2D eigenvalue weighted by atomic mass is 16.5. The van der Waals surface area contributed by atoms with Crippen LogP contribution in [0.5, 0.6) is 0 Å². The predicted octanol–water partition coefficient (Wildman–Crippen LogP) is 7.12. The minimum atomic E-state index is -0.497. The van der Waals surface area contributed by atoms with Crippen LogP contribution < -0.4 is 0 Å². The second-order valence-corrected chi connectivity index (χ2v) is 7.81. The van der Waals surface area contributed by atoms with Gasteiger partial charge in [0.25, 0.3) is 0 Å². The van der Waals surface area contributed by atoms with Gasteiger partial charge >= 0.3 is 5.97 Å². The van der Waals surface area contributed by atoms with Crippen LogP contribution in [0.2, 0.25) is 0 Å². The summed E-state index contributed by atoms with van der Waals surface area (Å²) in [7, 11) is 0. The minimum absolute atomic E-state index is 0.157. The van der Waals surface area contributed by atoms with Gasteiger partial charge in [0.1, 0.15) is 6.61 Å². The number of unbranched alkanes of at least 4 members (excludes halogenated alkanes) is 12. The molecule has 0 amide bonds. The third-order valence-corrected chi connectivity index (χ3v) is 4.97. The first kappa shape index (κ1) is 26.2. The molecule has 0 heterocycles. The first-order chi connectivity index (χ1) is 13.2. The van der Waals surface area contributed by atoms with E-state index in [1.807, 2.05) is 0 Å². The van der Waals surface area contributed by atoms with Crippen molar-refractivity contribution in [3.63, 3.8) is 0 Å². The van der Waals surface area contributed by atoms with Gasteiger partial charge in [-0.25, -0.2) is 0 Å². The standard InChI is InChI=1S/C24H46O3/c1-3-5-7-8-9-10-11-12-13-14-15-16-17-18-19-21-24(26)27-22-23(25)20-6-4-2/h12-13,23,25H,3-11,14-22H2,1-2H3/b13-12-. The highest BCUT2D eigenvalue weighted by Gasteiger charge is 2.08. The number of ether oxygens (including phenoxy) is 1. The summed E-state index contributed by atoms with van der Waals surface area (Å²) in [4.78, 5) is 11.6. The number of rotatable bonds is 20. The summed E-state index contributed by atoms with van der Waals surface area (Å²) in [5.41, 5.74) is 0. The van der Waals surface area contributed by atoms with E-state index in [9.17, 15) is 9.90 Å². The molecule has 0 aliphatic heterocycles. The normalized spacial score (nSPS) is 12.6. The van der Waals surface area contributed by atoms with Gasteiger partial charge in [-0.2, -0.15) is 0 Å². The quantitative estimate of drug-likeness (QED) is 0.138. The first-order valence-electron chi connectivity index (χ1n) is 11.7. The van der Waals surface area contributed by atoms with E-state index in [0.29, 0.717) is 6.42 Å². The molecule has 0 bridgehead atoms. The van der Waals surface area contributed by atoms with Crippen LogP contribution >= 0.6 is 0 Å². The molecule has 1 atom stereocenters. The van der Waals surface area contributed by atoms with E-state index in [0.717, 1.165) is 32.1 Å². The molecule has 0 spiro atoms. The Hall–Kier alpha value is -0.830. The second kappa shape index (κ2) is 21.5. The van der Waals surface area contributed by atoms with Crippen LogP contribution in [0.4, 0.5) is 0 Å². The van der Waals surface area contributed by atoms with Gasteiger partial charge in [0.05, 0.1) is 6.10 Å². The molecule has 0 aliphatic carbocycles. The van der Waals surface area contributed by atoms with Crippen LogP contribution in [0, 0.1) is 0 Å². The van der Waals surface area contributed by atoms with Gasteiger partial charge in [0, 0.05) is 6.42 Å². The van der Waals surface area contributed by atoms with Crippen LogP contribution in [0.25, 0.3) is 0 Å². The topological polar surface area (TPSA) is 46.5 Å². The summed E-state index contributed by atoms with van der Waals surface area (Å²) in [6.45, 7) is 4.51. The van der Waals surface area contributed by atoms with E-state index >= 15 is 0 Å². The van der Waals surface area contributed by atoms with Crippen molar-refractivity contribution in [3.8, 4) is 0 Å². The van der Waals surface area contributed by atoms with Gasteiger partial charge in [-0.05, 0) is 38.5 Å². The molecular formula is C24H46O3. The average Bonchev–Trinajstić information content (AvgIpc) is 2.67. The molecule has 1 unspecified atom stereocenters. The second-order valence-electron chi connectivity index (χ2n) is 7.81. The third kappa shape index (κ3) is 21.3. The molecule has 1 N–H and O–H groups in total. The van der Waals surface area contributed by atoms with E-state index in [2.05, 4.69) is 26.0 Å². The third-order valence-electron chi connectivity index (χ3n) is 4.97. The van der Waals surface area contributed by atoms with Gasteiger partial charge in [0.15, 0.2) is 0 Å². The number of aliphatic hydroxyl groups excluding tert-OH is 1. The molecule has 0 aromatic heterocycles. The number of esters is 1. The lowest BCUT2D eigenvalue weighted by molar-refractivity contribution is -0.146. The summed E-state index contributed by atoms with van der Waals surface area (Å²) in [6.07, 6.45) is 23.8. The Morgan fingerprint density at radius 2 is 1.30 bits per heavy atom. The zero-order valence-electron chi connectivity index (χ0n) is 18.2. The molecule has 3 heteroatoms. The zero-order valence-corrected chi connectivity index (χ0v) is 18.2. The number of hydrogen-bond donors (Lipinski definition) is 1. The van der Waals surface area contributed by atoms with Crippen molar-refractivity contribution in [2.75, 3.05) is 6.61 Å². The molecule has 0 saturated carbocycles. The Labute approximate surface area is 169 Å². The van der Waals surface area contributed by atoms with E-state index in [4.69, 9.17) is 4.74 Å². The van der Waals surface area contributed by atoms with E-state index in [1.54, 1.807) is 0 Å². The fraction of sp³-hybridized carbons (Fsp3) is 0.875. The van der Waals surface area contributed by atoms with Gasteiger partial charge in [-0.3, -0.25) is 4.79 Å². The van der Waals surface area contributed by atoms with Gasteiger partial charge < -0.3 is 9.84 Å². The molecule has 0 radical (unpaired) electrons. The first-order valence-corrected chi connectivity index (χ1v) is 11.7. The van der Waals surface area contributed by atoms with E-state index in [1.165, 1.54) is 70.6 Å². The van der Waals surface area contributed by atoms with Crippen LogP contribution in [-0.2, 0) is 9.53 Å². The summed E-state index contributed by atoms with van der Waals surface area (Å²) in [6, 6.07) is 0. The zero-order chi connectivity index (χ0) is 20.0. The number of aliphatic hydroxyl groups is 1. The Kier molecular flexibility index (Phi) is 20.8. The molecule has 0 aromatic carbocycles. The van der Waals surface area contributed by atoms with Crippen molar-refractivity contribution in [3.05, 3.63) is 12.2 Å². The van der Waals surface area contributed by atoms with Crippen LogP contribution in [0.1, 0.15) is 123 Å². The van der Waals surface area contributed by atoms with E-state index < -0.39 is 6.10 Å². The highest BCUT2D eigenvalue weighted by Crippen LogP contribution is 2.10. The lowest BCUT2D eigenvalue weighted by Crippen LogP contribution is -2.18. The largest absolute Gasteiger partial charge is 0.463 e. The smallest absolute Gasteiger partial charge is 0.305 e. The molecule has 0 aromatic rings. The van der Waals surface area contributed by atoms with Gasteiger partial charge in [0.2, 0.25) is 0 Å². The molecular weight excluding hydrogens is 336 g/mol. The summed E-state index contributed by atoms with van der Waals surface area (Å²) in [5.74, 6) is -0.164. The predicted molar refractivity (Wildman–Crippen MR) is 116 cm³/mol. The van der Waals surface area contributed by atoms with Crippen molar-refractivity contribution in [2.24, 2.45) is 0 Å². The van der Waals surface area contributed by atoms with Gasteiger partial charge in [-0.15, -0.1) is 0 Å². The number of carbonyl (C=O) groups excluding carboxylic acids is 1. The number of hydrogen-bond acceptors (Lipinski definition) is 3. The number of carbonyl (C=O) groups is 1. The lowest BCUT2D eigenvalue weighted by Gasteiger charge is -2.10. The van der Waals surface area contributed by atoms with Crippen LogP contribution in [0.3, 0.4) is 0 Å². The molecule has 27 heavy (non-hydrogen) atoms.